The number of aromatic nitrogens is 4. The second kappa shape index (κ2) is 10.7. The zero-order valence-electron chi connectivity index (χ0n) is 26.0. The fourth-order valence-electron chi connectivity index (χ4n) is 6.85. The van der Waals surface area contributed by atoms with Crippen molar-refractivity contribution in [1.82, 2.24) is 30.2 Å². The normalized spacial score (nSPS) is 18.9. The first-order valence-electron chi connectivity index (χ1n) is 16.0. The van der Waals surface area contributed by atoms with Gasteiger partial charge in [-0.05, 0) is 122 Å². The molecule has 2 aliphatic heterocycles. The minimum Gasteiger partial charge on any atom is -0.444 e. The number of fused-ring (bicyclic) bond motifs is 3. The van der Waals surface area contributed by atoms with E-state index in [-0.39, 0.29) is 12.1 Å². The Morgan fingerprint density at radius 2 is 1.33 bits per heavy atom. The Hall–Kier alpha value is -4.69. The van der Waals surface area contributed by atoms with Gasteiger partial charge in [-0.1, -0.05) is 36.4 Å². The molecule has 4 aromatic carbocycles. The highest BCUT2D eigenvalue weighted by Crippen LogP contribution is 2.35. The Morgan fingerprint density at radius 3 is 1.93 bits per heavy atom. The zero-order valence-corrected chi connectivity index (χ0v) is 26.0. The number of benzene rings is 4. The minimum absolute atomic E-state index is 0.106. The molecule has 2 aliphatic rings. The Labute approximate surface area is 262 Å². The van der Waals surface area contributed by atoms with Crippen LogP contribution < -0.4 is 5.32 Å². The van der Waals surface area contributed by atoms with Crippen molar-refractivity contribution in [2.24, 2.45) is 0 Å². The molecular formula is C37H38N6O2. The SMILES string of the molecule is CC(C)(C)OC(=O)N1CCC[C@H]1c1nc2cc(-c3ccc4cc(-c5ccc6[nH]c([C@@H]7CCCN7)nc6c5)ccc4c3)ccc2[nH]1. The molecule has 8 nitrogen and oxygen atoms in total. The molecule has 8 rings (SSSR count). The van der Waals surface area contributed by atoms with Crippen LogP contribution in [0.5, 0.6) is 0 Å². The summed E-state index contributed by atoms with van der Waals surface area (Å²) < 4.78 is 5.67. The predicted octanol–water partition coefficient (Wildman–Crippen LogP) is 8.42. The number of carbonyl (C=O) groups excluding carboxylic acids is 1. The van der Waals surface area contributed by atoms with Crippen molar-refractivity contribution in [3.05, 3.63) is 84.4 Å². The number of H-pyrrole nitrogens is 2. The minimum atomic E-state index is -0.528. The quantitative estimate of drug-likeness (QED) is 0.189. The molecule has 0 saturated carbocycles. The largest absolute Gasteiger partial charge is 0.444 e. The molecule has 4 heterocycles. The van der Waals surface area contributed by atoms with Crippen LogP contribution in [0.3, 0.4) is 0 Å². The number of hydrogen-bond donors (Lipinski definition) is 3. The predicted molar refractivity (Wildman–Crippen MR) is 179 cm³/mol. The summed E-state index contributed by atoms with van der Waals surface area (Å²) in [4.78, 5) is 31.5. The van der Waals surface area contributed by atoms with Gasteiger partial charge in [0.15, 0.2) is 0 Å². The maximum Gasteiger partial charge on any atom is 0.410 e. The number of imidazole rings is 2. The van der Waals surface area contributed by atoms with Gasteiger partial charge in [0.05, 0.1) is 34.2 Å². The molecule has 1 amide bonds. The van der Waals surface area contributed by atoms with E-state index in [9.17, 15) is 4.79 Å². The lowest BCUT2D eigenvalue weighted by atomic mass is 9.97. The third-order valence-corrected chi connectivity index (χ3v) is 9.10. The summed E-state index contributed by atoms with van der Waals surface area (Å²) in [5, 5.41) is 5.92. The average Bonchev–Trinajstić information content (AvgIpc) is 3.84. The molecule has 0 unspecified atom stereocenters. The van der Waals surface area contributed by atoms with E-state index in [2.05, 4.69) is 88.1 Å². The standard InChI is InChI=1S/C37H38N6O2/c1-37(2,3)45-36(44)43-17-5-7-33(43)35-40-29-15-13-27(21-32(29)42-35)25-11-9-22-18-24(10-8-23(22)19-25)26-12-14-28-31(20-26)41-34(39-28)30-6-4-16-38-30/h8-15,18-21,30,33,38H,4-7,16-17H2,1-3H3,(H,39,41)(H,40,42)/t30-,33-/m0/s1. The van der Waals surface area contributed by atoms with E-state index in [1.54, 1.807) is 4.90 Å². The summed E-state index contributed by atoms with van der Waals surface area (Å²) >= 11 is 0. The number of amides is 1. The highest BCUT2D eigenvalue weighted by atomic mass is 16.6. The van der Waals surface area contributed by atoms with Crippen LogP contribution in [0, 0.1) is 0 Å². The highest BCUT2D eigenvalue weighted by molar-refractivity contribution is 5.93. The van der Waals surface area contributed by atoms with E-state index in [1.807, 2.05) is 20.8 Å². The Balaban J connectivity index is 1.04. The maximum absolute atomic E-state index is 12.9. The summed E-state index contributed by atoms with van der Waals surface area (Å²) in [5.74, 6) is 1.85. The summed E-state index contributed by atoms with van der Waals surface area (Å²) in [6, 6.07) is 26.3. The third-order valence-electron chi connectivity index (χ3n) is 9.10. The molecule has 0 aliphatic carbocycles. The van der Waals surface area contributed by atoms with Gasteiger partial charge in [0, 0.05) is 6.54 Å². The number of nitrogens with one attached hydrogen (secondary N) is 3. The van der Waals surface area contributed by atoms with Gasteiger partial charge in [-0.15, -0.1) is 0 Å². The molecule has 2 saturated heterocycles. The average molecular weight is 599 g/mol. The third kappa shape index (κ3) is 5.33. The lowest BCUT2D eigenvalue weighted by molar-refractivity contribution is 0.0219. The fourth-order valence-corrected chi connectivity index (χ4v) is 6.85. The van der Waals surface area contributed by atoms with Crippen LogP contribution in [-0.2, 0) is 4.74 Å². The van der Waals surface area contributed by atoms with Gasteiger partial charge in [0.2, 0.25) is 0 Å². The van der Waals surface area contributed by atoms with Crippen molar-refractivity contribution in [2.75, 3.05) is 13.1 Å². The molecule has 6 aromatic rings. The van der Waals surface area contributed by atoms with Gasteiger partial charge in [-0.25, -0.2) is 14.8 Å². The zero-order chi connectivity index (χ0) is 30.7. The van der Waals surface area contributed by atoms with Crippen molar-refractivity contribution >= 4 is 38.9 Å². The first-order valence-corrected chi connectivity index (χ1v) is 16.0. The van der Waals surface area contributed by atoms with Crippen molar-refractivity contribution in [3.63, 3.8) is 0 Å². The number of ether oxygens (including phenoxy) is 1. The van der Waals surface area contributed by atoms with Crippen LogP contribution in [0.25, 0.3) is 55.1 Å². The smallest absolute Gasteiger partial charge is 0.410 e. The second-order valence-electron chi connectivity index (χ2n) is 13.5. The number of nitrogens with zero attached hydrogens (tertiary/aromatic N) is 3. The van der Waals surface area contributed by atoms with Crippen molar-refractivity contribution in [1.29, 1.82) is 0 Å². The second-order valence-corrected chi connectivity index (χ2v) is 13.5. The molecule has 8 heteroatoms. The van der Waals surface area contributed by atoms with E-state index < -0.39 is 5.60 Å². The van der Waals surface area contributed by atoms with Crippen LogP contribution in [0.4, 0.5) is 4.79 Å². The molecule has 0 bridgehead atoms. The van der Waals surface area contributed by atoms with E-state index in [1.165, 1.54) is 22.8 Å². The number of rotatable bonds is 4. The molecule has 2 fully saturated rings. The first-order chi connectivity index (χ1) is 21.8. The van der Waals surface area contributed by atoms with E-state index in [0.29, 0.717) is 12.6 Å². The van der Waals surface area contributed by atoms with Crippen molar-refractivity contribution in [3.8, 4) is 22.3 Å². The maximum atomic E-state index is 12.9. The molecule has 228 valence electrons. The van der Waals surface area contributed by atoms with Gasteiger partial charge in [0.25, 0.3) is 0 Å². The number of hydrogen-bond acceptors (Lipinski definition) is 5. The lowest BCUT2D eigenvalue weighted by Crippen LogP contribution is -2.36. The van der Waals surface area contributed by atoms with Gasteiger partial charge >= 0.3 is 6.09 Å². The van der Waals surface area contributed by atoms with Crippen molar-refractivity contribution in [2.45, 2.75) is 64.1 Å². The summed E-state index contributed by atoms with van der Waals surface area (Å²) in [7, 11) is 0. The van der Waals surface area contributed by atoms with Crippen LogP contribution >= 0.6 is 0 Å². The Morgan fingerprint density at radius 1 is 0.756 bits per heavy atom. The van der Waals surface area contributed by atoms with Crippen LogP contribution in [0.2, 0.25) is 0 Å². The molecular weight excluding hydrogens is 560 g/mol. The fraction of sp³-hybridized carbons (Fsp3) is 0.324. The molecule has 45 heavy (non-hydrogen) atoms. The van der Waals surface area contributed by atoms with E-state index in [4.69, 9.17) is 14.7 Å². The van der Waals surface area contributed by atoms with Crippen LogP contribution in [-0.4, -0.2) is 49.6 Å². The van der Waals surface area contributed by atoms with E-state index >= 15 is 0 Å². The van der Waals surface area contributed by atoms with Gasteiger partial charge in [-0.3, -0.25) is 4.90 Å². The summed E-state index contributed by atoms with van der Waals surface area (Å²) in [5.41, 5.74) is 8.02. The molecule has 2 aromatic heterocycles. The topological polar surface area (TPSA) is 98.9 Å². The Kier molecular flexibility index (Phi) is 6.64. The van der Waals surface area contributed by atoms with Gasteiger partial charge in [0.1, 0.15) is 17.2 Å². The van der Waals surface area contributed by atoms with Crippen molar-refractivity contribution < 1.29 is 9.53 Å². The van der Waals surface area contributed by atoms with Crippen LogP contribution in [0.15, 0.2) is 72.8 Å². The number of carbonyl (C=O) groups is 1. The molecule has 3 N–H and O–H groups in total. The summed E-state index contributed by atoms with van der Waals surface area (Å²) in [6.07, 6.45) is 3.85. The monoisotopic (exact) mass is 598 g/mol. The highest BCUT2D eigenvalue weighted by Gasteiger charge is 2.35. The van der Waals surface area contributed by atoms with Gasteiger partial charge < -0.3 is 20.0 Å². The molecule has 0 spiro atoms. The Bertz CT molecular complexity index is 2060. The molecule has 2 atom stereocenters. The van der Waals surface area contributed by atoms with E-state index in [0.717, 1.165) is 76.2 Å². The first kappa shape index (κ1) is 27.8. The van der Waals surface area contributed by atoms with Gasteiger partial charge in [-0.2, -0.15) is 0 Å². The van der Waals surface area contributed by atoms with Crippen LogP contribution in [0.1, 0.15) is 70.2 Å². The summed E-state index contributed by atoms with van der Waals surface area (Å²) in [6.45, 7) is 7.43. The molecule has 0 radical (unpaired) electrons. The lowest BCUT2D eigenvalue weighted by Gasteiger charge is -2.27. The number of likely N-dealkylation sites (tertiary alicyclic amines) is 1. The number of aromatic amines is 2.